The first kappa shape index (κ1) is 13.6. The number of aliphatic hydroxyl groups is 1. The number of rotatable bonds is 4. The Labute approximate surface area is 126 Å². The lowest BCUT2D eigenvalue weighted by Crippen LogP contribution is -2.49. The lowest BCUT2D eigenvalue weighted by Gasteiger charge is -2.58. The molecule has 0 saturated heterocycles. The lowest BCUT2D eigenvalue weighted by atomic mass is 9.48. The number of hydrogen-bond donors (Lipinski definition) is 1. The van der Waals surface area contributed by atoms with Crippen LogP contribution in [0.25, 0.3) is 0 Å². The Kier molecular flexibility index (Phi) is 3.07. The number of nitrogens with zero attached hydrogens (tertiary/aromatic N) is 2. The minimum atomic E-state index is -0.428. The fourth-order valence-corrected chi connectivity index (χ4v) is 5.87. The molecule has 1 aromatic heterocycles. The van der Waals surface area contributed by atoms with Crippen molar-refractivity contribution >= 4 is 0 Å². The Hall–Kier alpha value is -1.03. The molecule has 4 aliphatic carbocycles. The van der Waals surface area contributed by atoms with Crippen LogP contribution in [0.5, 0.6) is 5.75 Å². The van der Waals surface area contributed by atoms with Crippen molar-refractivity contribution in [3.8, 4) is 5.75 Å². The van der Waals surface area contributed by atoms with Crippen LogP contribution in [0.1, 0.15) is 57.2 Å². The predicted octanol–water partition coefficient (Wildman–Crippen LogP) is 3.16. The molecule has 1 unspecified atom stereocenters. The quantitative estimate of drug-likeness (QED) is 0.926. The van der Waals surface area contributed by atoms with E-state index in [2.05, 4.69) is 12.0 Å². The van der Waals surface area contributed by atoms with Gasteiger partial charge in [-0.25, -0.2) is 0 Å². The van der Waals surface area contributed by atoms with Gasteiger partial charge in [0.05, 0.1) is 13.3 Å². The number of aryl methyl sites for hydroxylation is 1. The highest BCUT2D eigenvalue weighted by molar-refractivity contribution is 5.29. The van der Waals surface area contributed by atoms with Gasteiger partial charge in [0, 0.05) is 12.0 Å². The maximum absolute atomic E-state index is 11.3. The van der Waals surface area contributed by atoms with Crippen LogP contribution in [0.15, 0.2) is 6.20 Å². The first-order valence-electron chi connectivity index (χ1n) is 8.43. The Morgan fingerprint density at radius 2 is 1.86 bits per heavy atom. The van der Waals surface area contributed by atoms with Crippen LogP contribution in [0.4, 0.5) is 0 Å². The highest BCUT2D eigenvalue weighted by atomic mass is 16.5. The van der Waals surface area contributed by atoms with Crippen molar-refractivity contribution in [1.29, 1.82) is 0 Å². The van der Waals surface area contributed by atoms with E-state index in [4.69, 9.17) is 4.74 Å². The highest BCUT2D eigenvalue weighted by Crippen LogP contribution is 2.64. The van der Waals surface area contributed by atoms with Crippen LogP contribution in [-0.2, 0) is 6.54 Å². The van der Waals surface area contributed by atoms with Gasteiger partial charge in [0.2, 0.25) is 0 Å². The molecule has 0 spiro atoms. The lowest BCUT2D eigenvalue weighted by molar-refractivity contribution is -0.125. The first-order valence-corrected chi connectivity index (χ1v) is 8.43. The van der Waals surface area contributed by atoms with Gasteiger partial charge in [-0.1, -0.05) is 0 Å². The van der Waals surface area contributed by atoms with Gasteiger partial charge in [0.1, 0.15) is 11.8 Å². The summed E-state index contributed by atoms with van der Waals surface area (Å²) < 4.78 is 7.39. The Balaban J connectivity index is 1.71. The second-order valence-corrected chi connectivity index (χ2v) is 7.60. The number of methoxy groups -OCH3 is 1. The molecule has 0 aliphatic heterocycles. The molecule has 4 aliphatic rings. The average molecular weight is 290 g/mol. The summed E-state index contributed by atoms with van der Waals surface area (Å²) in [5.41, 5.74) is 0.983. The third-order valence-corrected chi connectivity index (χ3v) is 6.29. The van der Waals surface area contributed by atoms with Crippen LogP contribution in [0.3, 0.4) is 0 Å². The molecule has 21 heavy (non-hydrogen) atoms. The van der Waals surface area contributed by atoms with Crippen molar-refractivity contribution in [3.05, 3.63) is 11.9 Å². The summed E-state index contributed by atoms with van der Waals surface area (Å²) in [5.74, 6) is 3.28. The van der Waals surface area contributed by atoms with Crippen LogP contribution >= 0.6 is 0 Å². The van der Waals surface area contributed by atoms with Crippen LogP contribution in [0.2, 0.25) is 0 Å². The minimum absolute atomic E-state index is 0.0784. The molecule has 0 amide bonds. The molecule has 4 bridgehead atoms. The smallest absolute Gasteiger partial charge is 0.162 e. The summed E-state index contributed by atoms with van der Waals surface area (Å²) in [6, 6.07) is 0. The highest BCUT2D eigenvalue weighted by Gasteiger charge is 2.55. The molecule has 5 rings (SSSR count). The van der Waals surface area contributed by atoms with Crippen molar-refractivity contribution in [2.45, 2.75) is 58.1 Å². The summed E-state index contributed by atoms with van der Waals surface area (Å²) in [6.07, 6.45) is 9.10. The van der Waals surface area contributed by atoms with E-state index in [0.29, 0.717) is 0 Å². The van der Waals surface area contributed by atoms with E-state index in [-0.39, 0.29) is 5.41 Å². The van der Waals surface area contributed by atoms with Gasteiger partial charge in [-0.15, -0.1) is 0 Å². The molecule has 1 atom stereocenters. The average Bonchev–Trinajstić information content (AvgIpc) is 2.87. The van der Waals surface area contributed by atoms with Crippen molar-refractivity contribution < 1.29 is 9.84 Å². The van der Waals surface area contributed by atoms with Crippen molar-refractivity contribution in [1.82, 2.24) is 9.78 Å². The topological polar surface area (TPSA) is 47.3 Å². The third kappa shape index (κ3) is 1.95. The maximum atomic E-state index is 11.3. The Morgan fingerprint density at radius 1 is 1.29 bits per heavy atom. The Morgan fingerprint density at radius 3 is 2.33 bits per heavy atom. The van der Waals surface area contributed by atoms with E-state index in [9.17, 15) is 5.11 Å². The van der Waals surface area contributed by atoms with Gasteiger partial charge in [0.15, 0.2) is 5.75 Å². The monoisotopic (exact) mass is 290 g/mol. The van der Waals surface area contributed by atoms with E-state index in [0.717, 1.165) is 35.7 Å². The van der Waals surface area contributed by atoms with E-state index >= 15 is 0 Å². The van der Waals surface area contributed by atoms with Gasteiger partial charge in [-0.2, -0.15) is 5.10 Å². The number of aromatic nitrogens is 2. The number of aliphatic hydroxyl groups excluding tert-OH is 1. The van der Waals surface area contributed by atoms with Crippen molar-refractivity contribution in [2.24, 2.45) is 23.2 Å². The van der Waals surface area contributed by atoms with E-state index in [1.165, 1.54) is 38.5 Å². The second kappa shape index (κ2) is 4.73. The van der Waals surface area contributed by atoms with E-state index in [1.807, 2.05) is 4.68 Å². The second-order valence-electron chi connectivity index (χ2n) is 7.60. The molecular weight excluding hydrogens is 264 g/mol. The summed E-state index contributed by atoms with van der Waals surface area (Å²) in [4.78, 5) is 0. The number of hydrogen-bond acceptors (Lipinski definition) is 3. The largest absolute Gasteiger partial charge is 0.493 e. The summed E-state index contributed by atoms with van der Waals surface area (Å²) >= 11 is 0. The molecule has 4 saturated carbocycles. The third-order valence-electron chi connectivity index (χ3n) is 6.29. The number of ether oxygens (including phenoxy) is 1. The fraction of sp³-hybridized carbons (Fsp3) is 0.824. The van der Waals surface area contributed by atoms with Gasteiger partial charge < -0.3 is 9.84 Å². The molecule has 4 heteroatoms. The molecule has 4 nitrogen and oxygen atoms in total. The van der Waals surface area contributed by atoms with Crippen LogP contribution in [-0.4, -0.2) is 22.0 Å². The molecule has 0 aromatic carbocycles. The molecule has 1 heterocycles. The molecule has 0 radical (unpaired) electrons. The first-order chi connectivity index (χ1) is 10.1. The summed E-state index contributed by atoms with van der Waals surface area (Å²) in [6.45, 7) is 2.85. The molecular formula is C17H26N2O2. The zero-order chi connectivity index (χ0) is 14.6. The zero-order valence-corrected chi connectivity index (χ0v) is 13.1. The summed E-state index contributed by atoms with van der Waals surface area (Å²) in [5, 5.41) is 15.6. The minimum Gasteiger partial charge on any atom is -0.493 e. The fourth-order valence-electron chi connectivity index (χ4n) is 5.87. The predicted molar refractivity (Wildman–Crippen MR) is 80.0 cm³/mol. The zero-order valence-electron chi connectivity index (χ0n) is 13.1. The van der Waals surface area contributed by atoms with Gasteiger partial charge >= 0.3 is 0 Å². The van der Waals surface area contributed by atoms with E-state index < -0.39 is 6.10 Å². The van der Waals surface area contributed by atoms with Crippen molar-refractivity contribution in [3.63, 3.8) is 0 Å². The summed E-state index contributed by atoms with van der Waals surface area (Å²) in [7, 11) is 1.67. The van der Waals surface area contributed by atoms with Gasteiger partial charge in [-0.3, -0.25) is 4.68 Å². The van der Waals surface area contributed by atoms with Gasteiger partial charge in [0.25, 0.3) is 0 Å². The molecule has 1 N–H and O–H groups in total. The molecule has 116 valence electrons. The molecule has 4 fully saturated rings. The van der Waals surface area contributed by atoms with E-state index in [1.54, 1.807) is 13.3 Å². The Bertz CT molecular complexity index is 480. The SMILES string of the molecule is CCn1ncc(OC)c1C(O)C12CC3CC(CC(C3)C1)C2. The normalized spacial score (nSPS) is 38.7. The molecule has 1 aromatic rings. The van der Waals surface area contributed by atoms with Gasteiger partial charge in [-0.05, 0) is 63.2 Å². The van der Waals surface area contributed by atoms with Crippen molar-refractivity contribution in [2.75, 3.05) is 7.11 Å². The van der Waals surface area contributed by atoms with Crippen LogP contribution in [0, 0.1) is 23.2 Å². The maximum Gasteiger partial charge on any atom is 0.162 e. The van der Waals surface area contributed by atoms with Crippen LogP contribution < -0.4 is 4.74 Å². The standard InChI is InChI=1S/C17H26N2O2/c1-3-19-15(14(21-2)10-18-19)16(20)17-7-11-4-12(8-17)6-13(5-11)9-17/h10-13,16,20H,3-9H2,1-2H3.